The zero-order valence-corrected chi connectivity index (χ0v) is 14.9. The summed E-state index contributed by atoms with van der Waals surface area (Å²) in [5.74, 6) is 0.262. The molecule has 5 nitrogen and oxygen atoms in total. The summed E-state index contributed by atoms with van der Waals surface area (Å²) in [5.41, 5.74) is 1.42. The number of amides is 1. The van der Waals surface area contributed by atoms with E-state index in [0.29, 0.717) is 16.0 Å². The maximum absolute atomic E-state index is 12.3. The SMILES string of the molecule is COc1cccc([C@H](C)NC(=O)C(C#N)=Cc2cccc(Br)n2)c1. The van der Waals surface area contributed by atoms with E-state index in [0.717, 1.165) is 5.56 Å². The number of ether oxygens (including phenoxy) is 1. The Kier molecular flexibility index (Phi) is 6.10. The van der Waals surface area contributed by atoms with Gasteiger partial charge in [0.1, 0.15) is 22.0 Å². The van der Waals surface area contributed by atoms with E-state index < -0.39 is 5.91 Å². The Morgan fingerprint density at radius 1 is 1.38 bits per heavy atom. The van der Waals surface area contributed by atoms with Crippen molar-refractivity contribution < 1.29 is 9.53 Å². The summed E-state index contributed by atoms with van der Waals surface area (Å²) in [5, 5.41) is 12.1. The third-order valence-electron chi connectivity index (χ3n) is 3.34. The number of benzene rings is 1. The maximum Gasteiger partial charge on any atom is 0.262 e. The van der Waals surface area contributed by atoms with Crippen molar-refractivity contribution in [2.24, 2.45) is 0 Å². The average molecular weight is 386 g/mol. The Bertz CT molecular complexity index is 812. The first kappa shape index (κ1) is 17.7. The van der Waals surface area contributed by atoms with E-state index in [9.17, 15) is 10.1 Å². The number of aromatic nitrogens is 1. The van der Waals surface area contributed by atoms with Crippen molar-refractivity contribution in [3.8, 4) is 11.8 Å². The minimum atomic E-state index is -0.449. The summed E-state index contributed by atoms with van der Waals surface area (Å²) in [6.07, 6.45) is 1.46. The monoisotopic (exact) mass is 385 g/mol. The highest BCUT2D eigenvalue weighted by molar-refractivity contribution is 9.10. The number of hydrogen-bond donors (Lipinski definition) is 1. The van der Waals surface area contributed by atoms with Crippen LogP contribution in [0.15, 0.2) is 52.6 Å². The van der Waals surface area contributed by atoms with E-state index in [1.807, 2.05) is 37.3 Å². The lowest BCUT2D eigenvalue weighted by atomic mass is 10.1. The van der Waals surface area contributed by atoms with Gasteiger partial charge < -0.3 is 10.1 Å². The maximum atomic E-state index is 12.3. The van der Waals surface area contributed by atoms with Crippen LogP contribution < -0.4 is 10.1 Å². The molecule has 24 heavy (non-hydrogen) atoms. The van der Waals surface area contributed by atoms with Crippen LogP contribution in [0.2, 0.25) is 0 Å². The van der Waals surface area contributed by atoms with Gasteiger partial charge in [0.25, 0.3) is 5.91 Å². The number of halogens is 1. The predicted molar refractivity (Wildman–Crippen MR) is 95.1 cm³/mol. The summed E-state index contributed by atoms with van der Waals surface area (Å²) >= 11 is 3.26. The topological polar surface area (TPSA) is 75.0 Å². The number of rotatable bonds is 5. The van der Waals surface area contributed by atoms with Crippen LogP contribution in [-0.2, 0) is 4.79 Å². The second kappa shape index (κ2) is 8.27. The van der Waals surface area contributed by atoms with E-state index in [2.05, 4.69) is 26.2 Å². The second-order valence-corrected chi connectivity index (χ2v) is 5.84. The molecule has 0 radical (unpaired) electrons. The molecule has 1 aromatic heterocycles. The van der Waals surface area contributed by atoms with Crippen molar-refractivity contribution in [2.45, 2.75) is 13.0 Å². The summed E-state index contributed by atoms with van der Waals surface area (Å²) in [6, 6.07) is 14.3. The molecule has 0 spiro atoms. The van der Waals surface area contributed by atoms with Gasteiger partial charge in [0.2, 0.25) is 0 Å². The number of nitriles is 1. The van der Waals surface area contributed by atoms with Gasteiger partial charge in [-0.3, -0.25) is 4.79 Å². The van der Waals surface area contributed by atoms with Crippen molar-refractivity contribution in [1.29, 1.82) is 5.26 Å². The van der Waals surface area contributed by atoms with Crippen LogP contribution in [0.25, 0.3) is 6.08 Å². The first-order valence-electron chi connectivity index (χ1n) is 7.22. The Balaban J connectivity index is 2.15. The Morgan fingerprint density at radius 2 is 2.12 bits per heavy atom. The van der Waals surface area contributed by atoms with E-state index in [4.69, 9.17) is 4.74 Å². The minimum Gasteiger partial charge on any atom is -0.497 e. The van der Waals surface area contributed by atoms with Crippen LogP contribution in [0.3, 0.4) is 0 Å². The van der Waals surface area contributed by atoms with E-state index in [1.165, 1.54) is 6.08 Å². The van der Waals surface area contributed by atoms with Crippen LogP contribution in [-0.4, -0.2) is 18.0 Å². The molecule has 1 atom stereocenters. The van der Waals surface area contributed by atoms with Gasteiger partial charge in [0.05, 0.1) is 18.8 Å². The minimum absolute atomic E-state index is 0.00431. The van der Waals surface area contributed by atoms with Gasteiger partial charge in [-0.15, -0.1) is 0 Å². The molecular formula is C18H16BrN3O2. The lowest BCUT2D eigenvalue weighted by Crippen LogP contribution is -2.27. The lowest BCUT2D eigenvalue weighted by Gasteiger charge is -2.14. The van der Waals surface area contributed by atoms with Crippen LogP contribution in [0, 0.1) is 11.3 Å². The van der Waals surface area contributed by atoms with Gasteiger partial charge in [-0.05, 0) is 58.8 Å². The highest BCUT2D eigenvalue weighted by Gasteiger charge is 2.14. The summed E-state index contributed by atoms with van der Waals surface area (Å²) in [6.45, 7) is 1.85. The van der Waals surface area contributed by atoms with Crippen LogP contribution in [0.4, 0.5) is 0 Å². The number of carbonyl (C=O) groups excluding carboxylic acids is 1. The smallest absolute Gasteiger partial charge is 0.262 e. The quantitative estimate of drug-likeness (QED) is 0.484. The number of nitrogens with zero attached hydrogens (tertiary/aromatic N) is 2. The van der Waals surface area contributed by atoms with Gasteiger partial charge in [-0.1, -0.05) is 18.2 Å². The first-order chi connectivity index (χ1) is 11.5. The fraction of sp³-hybridized carbons (Fsp3) is 0.167. The third-order valence-corrected chi connectivity index (χ3v) is 3.78. The van der Waals surface area contributed by atoms with Crippen LogP contribution in [0.5, 0.6) is 5.75 Å². The number of nitrogens with one attached hydrogen (secondary N) is 1. The van der Waals surface area contributed by atoms with Gasteiger partial charge >= 0.3 is 0 Å². The van der Waals surface area contributed by atoms with Crippen LogP contribution in [0.1, 0.15) is 24.2 Å². The normalized spacial score (nSPS) is 12.2. The molecule has 0 bridgehead atoms. The summed E-state index contributed by atoms with van der Waals surface area (Å²) < 4.78 is 5.82. The lowest BCUT2D eigenvalue weighted by molar-refractivity contribution is -0.117. The fourth-order valence-electron chi connectivity index (χ4n) is 2.07. The fourth-order valence-corrected chi connectivity index (χ4v) is 2.43. The van der Waals surface area contributed by atoms with Crippen molar-refractivity contribution in [3.05, 3.63) is 63.9 Å². The highest BCUT2D eigenvalue weighted by atomic mass is 79.9. The molecular weight excluding hydrogens is 370 g/mol. The first-order valence-corrected chi connectivity index (χ1v) is 8.02. The molecule has 1 heterocycles. The second-order valence-electron chi connectivity index (χ2n) is 5.03. The van der Waals surface area contributed by atoms with Crippen molar-refractivity contribution in [2.75, 3.05) is 7.11 Å². The zero-order valence-electron chi connectivity index (χ0n) is 13.3. The third kappa shape index (κ3) is 4.67. The summed E-state index contributed by atoms with van der Waals surface area (Å²) in [4.78, 5) is 16.5. The Labute approximate surface area is 149 Å². The molecule has 0 aliphatic rings. The van der Waals surface area contributed by atoms with E-state index in [1.54, 1.807) is 25.3 Å². The molecule has 2 rings (SSSR count). The number of pyridine rings is 1. The molecule has 0 saturated carbocycles. The van der Waals surface area contributed by atoms with Gasteiger partial charge in [0, 0.05) is 0 Å². The van der Waals surface area contributed by atoms with Crippen molar-refractivity contribution >= 4 is 27.9 Å². The van der Waals surface area contributed by atoms with Gasteiger partial charge in [-0.25, -0.2) is 4.98 Å². The van der Waals surface area contributed by atoms with Gasteiger partial charge in [-0.2, -0.15) is 5.26 Å². The number of carbonyl (C=O) groups is 1. The molecule has 122 valence electrons. The zero-order chi connectivity index (χ0) is 17.5. The molecule has 2 aromatic rings. The highest BCUT2D eigenvalue weighted by Crippen LogP contribution is 2.19. The molecule has 1 aromatic carbocycles. The largest absolute Gasteiger partial charge is 0.497 e. The molecule has 1 N–H and O–H groups in total. The Morgan fingerprint density at radius 3 is 2.79 bits per heavy atom. The molecule has 0 unspecified atom stereocenters. The summed E-state index contributed by atoms with van der Waals surface area (Å²) in [7, 11) is 1.59. The Hall–Kier alpha value is -2.65. The number of hydrogen-bond acceptors (Lipinski definition) is 4. The molecule has 6 heteroatoms. The molecule has 0 fully saturated rings. The van der Waals surface area contributed by atoms with E-state index in [-0.39, 0.29) is 11.6 Å². The predicted octanol–water partition coefficient (Wildman–Crippen LogP) is 3.64. The van der Waals surface area contributed by atoms with Crippen molar-refractivity contribution in [1.82, 2.24) is 10.3 Å². The standard InChI is InChI=1S/C18H16BrN3O2/c1-12(13-5-3-7-16(10-13)24-2)21-18(23)14(11-20)9-15-6-4-8-17(19)22-15/h3-10,12H,1-2H3,(H,21,23)/t12-/m0/s1. The van der Waals surface area contributed by atoms with E-state index >= 15 is 0 Å². The molecule has 0 aliphatic carbocycles. The van der Waals surface area contributed by atoms with Crippen molar-refractivity contribution in [3.63, 3.8) is 0 Å². The average Bonchev–Trinajstić information content (AvgIpc) is 2.59. The molecule has 1 amide bonds. The number of methoxy groups -OCH3 is 1. The van der Waals surface area contributed by atoms with Gasteiger partial charge in [0.15, 0.2) is 0 Å². The van der Waals surface area contributed by atoms with Crippen LogP contribution >= 0.6 is 15.9 Å². The molecule has 0 aliphatic heterocycles. The molecule has 0 saturated heterocycles.